The van der Waals surface area contributed by atoms with Crippen LogP contribution in [-0.4, -0.2) is 18.0 Å². The van der Waals surface area contributed by atoms with Crippen LogP contribution < -0.4 is 11.1 Å². The van der Waals surface area contributed by atoms with Gasteiger partial charge in [0.15, 0.2) is 0 Å². The fourth-order valence-corrected chi connectivity index (χ4v) is 0.878. The van der Waals surface area contributed by atoms with E-state index in [4.69, 9.17) is 5.73 Å². The molecule has 2 unspecified atom stereocenters. The van der Waals surface area contributed by atoms with Crippen LogP contribution in [0.2, 0.25) is 0 Å². The summed E-state index contributed by atoms with van der Waals surface area (Å²) in [7, 11) is 0. The van der Waals surface area contributed by atoms with Gasteiger partial charge in [-0.3, -0.25) is 4.79 Å². The van der Waals surface area contributed by atoms with Gasteiger partial charge in [0.1, 0.15) is 0 Å². The fraction of sp³-hybridized carbons (Fsp3) is 0.625. The average Bonchev–Trinajstić information content (AvgIpc) is 1.85. The second-order valence-corrected chi connectivity index (χ2v) is 2.76. The van der Waals surface area contributed by atoms with Gasteiger partial charge in [0, 0.05) is 18.5 Å². The molecule has 0 rings (SSSR count). The van der Waals surface area contributed by atoms with Gasteiger partial charge in [0.05, 0.1) is 0 Å². The number of carbonyl (C=O) groups is 1. The van der Waals surface area contributed by atoms with Crippen LogP contribution in [0.3, 0.4) is 0 Å². The van der Waals surface area contributed by atoms with Gasteiger partial charge in [-0.2, -0.15) is 0 Å². The Kier molecular flexibility index (Phi) is 4.54. The van der Waals surface area contributed by atoms with Crippen LogP contribution >= 0.6 is 0 Å². The summed E-state index contributed by atoms with van der Waals surface area (Å²) in [6.07, 6.45) is 2.16. The lowest BCUT2D eigenvalue weighted by Crippen LogP contribution is -2.36. The van der Waals surface area contributed by atoms with Gasteiger partial charge in [-0.15, -0.1) is 6.58 Å². The maximum atomic E-state index is 10.4. The number of rotatable bonds is 5. The minimum atomic E-state index is -0.277. The van der Waals surface area contributed by atoms with Crippen LogP contribution in [0.4, 0.5) is 0 Å². The molecule has 0 aliphatic heterocycles. The Balaban J connectivity index is 3.59. The number of primary amides is 1. The van der Waals surface area contributed by atoms with Crippen LogP contribution in [-0.2, 0) is 4.79 Å². The molecule has 0 spiro atoms. The molecule has 64 valence electrons. The van der Waals surface area contributed by atoms with Crippen LogP contribution in [0.1, 0.15) is 20.3 Å². The van der Waals surface area contributed by atoms with E-state index in [-0.39, 0.29) is 18.0 Å². The zero-order valence-corrected chi connectivity index (χ0v) is 7.13. The second-order valence-electron chi connectivity index (χ2n) is 2.76. The predicted octanol–water partition coefficient (Wildman–Crippen LogP) is 0.414. The van der Waals surface area contributed by atoms with Gasteiger partial charge in [0.2, 0.25) is 5.91 Å². The summed E-state index contributed by atoms with van der Waals surface area (Å²) in [5.74, 6) is -0.277. The summed E-state index contributed by atoms with van der Waals surface area (Å²) >= 11 is 0. The molecule has 0 aromatic heterocycles. The van der Waals surface area contributed by atoms with Crippen molar-refractivity contribution in [2.75, 3.05) is 0 Å². The number of carbonyl (C=O) groups excluding carboxylic acids is 1. The first kappa shape index (κ1) is 10.2. The molecule has 3 heteroatoms. The Bertz CT molecular complexity index is 145. The quantitative estimate of drug-likeness (QED) is 0.567. The van der Waals surface area contributed by atoms with Gasteiger partial charge in [-0.05, 0) is 13.8 Å². The van der Waals surface area contributed by atoms with Gasteiger partial charge >= 0.3 is 0 Å². The standard InChI is InChI=1S/C8H16N2O/c1-4-6(2)10-7(3)5-8(9)11/h4,6-7,10H,1,5H2,2-3H3,(H2,9,11). The van der Waals surface area contributed by atoms with Crippen LogP contribution in [0.15, 0.2) is 12.7 Å². The van der Waals surface area contributed by atoms with Gasteiger partial charge in [-0.25, -0.2) is 0 Å². The third kappa shape index (κ3) is 5.61. The number of nitrogens with two attached hydrogens (primary N) is 1. The van der Waals surface area contributed by atoms with E-state index >= 15 is 0 Å². The first-order valence-corrected chi connectivity index (χ1v) is 3.73. The lowest BCUT2D eigenvalue weighted by atomic mass is 10.2. The third-order valence-corrected chi connectivity index (χ3v) is 1.41. The van der Waals surface area contributed by atoms with Gasteiger partial charge < -0.3 is 11.1 Å². The van der Waals surface area contributed by atoms with E-state index in [1.54, 1.807) is 6.08 Å². The summed E-state index contributed by atoms with van der Waals surface area (Å²) in [6.45, 7) is 7.51. The van der Waals surface area contributed by atoms with E-state index in [0.717, 1.165) is 0 Å². The van der Waals surface area contributed by atoms with Crippen molar-refractivity contribution in [2.45, 2.75) is 32.4 Å². The molecule has 11 heavy (non-hydrogen) atoms. The molecule has 0 bridgehead atoms. The van der Waals surface area contributed by atoms with E-state index in [2.05, 4.69) is 11.9 Å². The first-order chi connectivity index (χ1) is 5.06. The molecular formula is C8H16N2O. The van der Waals surface area contributed by atoms with Crippen LogP contribution in [0, 0.1) is 0 Å². The largest absolute Gasteiger partial charge is 0.370 e. The highest BCUT2D eigenvalue weighted by molar-refractivity contribution is 5.74. The number of amides is 1. The Hall–Kier alpha value is -0.830. The van der Waals surface area contributed by atoms with Crippen molar-refractivity contribution in [2.24, 2.45) is 5.73 Å². The second kappa shape index (κ2) is 4.91. The highest BCUT2D eigenvalue weighted by atomic mass is 16.1. The molecule has 3 nitrogen and oxygen atoms in total. The van der Waals surface area contributed by atoms with Crippen molar-refractivity contribution in [1.82, 2.24) is 5.32 Å². The molecule has 0 saturated heterocycles. The van der Waals surface area contributed by atoms with E-state index in [0.29, 0.717) is 6.42 Å². The highest BCUT2D eigenvalue weighted by Crippen LogP contribution is 1.92. The molecule has 0 heterocycles. The smallest absolute Gasteiger partial charge is 0.218 e. The molecule has 0 saturated carbocycles. The highest BCUT2D eigenvalue weighted by Gasteiger charge is 2.06. The van der Waals surface area contributed by atoms with Crippen molar-refractivity contribution in [3.8, 4) is 0 Å². The molecule has 3 N–H and O–H groups in total. The molecule has 0 aromatic carbocycles. The molecule has 0 aliphatic rings. The van der Waals surface area contributed by atoms with Crippen LogP contribution in [0.5, 0.6) is 0 Å². The van der Waals surface area contributed by atoms with Gasteiger partial charge in [0.25, 0.3) is 0 Å². The lowest BCUT2D eigenvalue weighted by Gasteiger charge is -2.15. The number of nitrogens with one attached hydrogen (secondary N) is 1. The summed E-state index contributed by atoms with van der Waals surface area (Å²) in [5, 5.41) is 3.14. The zero-order valence-electron chi connectivity index (χ0n) is 7.13. The zero-order chi connectivity index (χ0) is 8.85. The predicted molar refractivity (Wildman–Crippen MR) is 46.1 cm³/mol. The molecule has 2 atom stereocenters. The summed E-state index contributed by atoms with van der Waals surface area (Å²) in [6, 6.07) is 0.352. The summed E-state index contributed by atoms with van der Waals surface area (Å²) in [4.78, 5) is 10.4. The third-order valence-electron chi connectivity index (χ3n) is 1.41. The minimum absolute atomic E-state index is 0.125. The number of hydrogen-bond acceptors (Lipinski definition) is 2. The number of hydrogen-bond donors (Lipinski definition) is 2. The fourth-order valence-electron chi connectivity index (χ4n) is 0.878. The van der Waals surface area contributed by atoms with Crippen molar-refractivity contribution in [3.63, 3.8) is 0 Å². The maximum Gasteiger partial charge on any atom is 0.218 e. The molecule has 0 aliphatic carbocycles. The van der Waals surface area contributed by atoms with Crippen molar-refractivity contribution in [1.29, 1.82) is 0 Å². The van der Waals surface area contributed by atoms with E-state index < -0.39 is 0 Å². The van der Waals surface area contributed by atoms with Gasteiger partial charge in [-0.1, -0.05) is 6.08 Å². The lowest BCUT2D eigenvalue weighted by molar-refractivity contribution is -0.118. The Morgan fingerprint density at radius 2 is 2.27 bits per heavy atom. The Morgan fingerprint density at radius 1 is 1.73 bits per heavy atom. The molecule has 0 aromatic rings. The van der Waals surface area contributed by atoms with Crippen molar-refractivity contribution < 1.29 is 4.79 Å². The minimum Gasteiger partial charge on any atom is -0.370 e. The summed E-state index contributed by atoms with van der Waals surface area (Å²) in [5.41, 5.74) is 5.01. The Morgan fingerprint density at radius 3 is 2.64 bits per heavy atom. The topological polar surface area (TPSA) is 55.1 Å². The molecule has 1 amide bonds. The van der Waals surface area contributed by atoms with Crippen molar-refractivity contribution >= 4 is 5.91 Å². The molecule has 0 fully saturated rings. The van der Waals surface area contributed by atoms with E-state index in [1.165, 1.54) is 0 Å². The van der Waals surface area contributed by atoms with E-state index in [9.17, 15) is 4.79 Å². The normalized spacial score (nSPS) is 15.5. The van der Waals surface area contributed by atoms with Crippen molar-refractivity contribution in [3.05, 3.63) is 12.7 Å². The average molecular weight is 156 g/mol. The first-order valence-electron chi connectivity index (χ1n) is 3.73. The Labute approximate surface area is 67.7 Å². The molecule has 0 radical (unpaired) electrons. The SMILES string of the molecule is C=CC(C)NC(C)CC(N)=O. The molecular weight excluding hydrogens is 140 g/mol. The van der Waals surface area contributed by atoms with Crippen LogP contribution in [0.25, 0.3) is 0 Å². The van der Waals surface area contributed by atoms with E-state index in [1.807, 2.05) is 13.8 Å². The maximum absolute atomic E-state index is 10.4. The summed E-state index contributed by atoms with van der Waals surface area (Å²) < 4.78 is 0. The monoisotopic (exact) mass is 156 g/mol.